The van der Waals surface area contributed by atoms with Gasteiger partial charge in [-0.05, 0) is 93.6 Å². The highest BCUT2D eigenvalue weighted by atomic mass is 16.6. The molecule has 0 aliphatic carbocycles. The lowest BCUT2D eigenvalue weighted by Crippen LogP contribution is -2.08. The summed E-state index contributed by atoms with van der Waals surface area (Å²) in [6.45, 7) is 13.9. The number of hydrogen-bond donors (Lipinski definition) is 0. The number of ether oxygens (including phenoxy) is 3. The van der Waals surface area contributed by atoms with Crippen LogP contribution in [0.1, 0.15) is 48.1 Å². The normalized spacial score (nSPS) is 11.6. The maximum absolute atomic E-state index is 6.06. The van der Waals surface area contributed by atoms with Crippen molar-refractivity contribution in [3.8, 4) is 17.2 Å². The van der Waals surface area contributed by atoms with Crippen molar-refractivity contribution >= 4 is 5.71 Å². The van der Waals surface area contributed by atoms with Gasteiger partial charge in [-0.25, -0.2) is 0 Å². The van der Waals surface area contributed by atoms with Crippen molar-refractivity contribution in [2.75, 3.05) is 26.9 Å². The van der Waals surface area contributed by atoms with Crippen LogP contribution in [0.25, 0.3) is 0 Å². The number of allylic oxidation sites excluding steroid dienone is 1. The monoisotopic (exact) mass is 425 g/mol. The van der Waals surface area contributed by atoms with Gasteiger partial charge in [0.1, 0.15) is 31.0 Å². The summed E-state index contributed by atoms with van der Waals surface area (Å²) in [5.41, 5.74) is 6.20. The van der Waals surface area contributed by atoms with Crippen LogP contribution in [0.4, 0.5) is 0 Å². The van der Waals surface area contributed by atoms with E-state index >= 15 is 0 Å². The molecule has 0 saturated heterocycles. The number of oxime groups is 1. The minimum atomic E-state index is 0.575. The van der Waals surface area contributed by atoms with Crippen LogP contribution in [0.2, 0.25) is 0 Å². The Hall–Kier alpha value is -2.95. The summed E-state index contributed by atoms with van der Waals surface area (Å²) in [4.78, 5) is 4.87. The molecule has 2 aromatic rings. The standard InChI is InChI=1S/C26H35NO4/c1-8-9-11-29-24-16-20(4)26(21(5)17-24)31-13-10-12-30-25-18(2)14-23(15-19(25)3)22(6)27-28-7/h8-9,14-17H,10-13H2,1-7H3/b9-8+,27-22+. The van der Waals surface area contributed by atoms with Crippen LogP contribution in [-0.4, -0.2) is 32.6 Å². The Bertz CT molecular complexity index is 885. The molecular formula is C26H35NO4. The Morgan fingerprint density at radius 1 is 0.839 bits per heavy atom. The minimum absolute atomic E-state index is 0.575. The van der Waals surface area contributed by atoms with Crippen molar-refractivity contribution in [1.82, 2.24) is 0 Å². The van der Waals surface area contributed by atoms with Gasteiger partial charge in [0, 0.05) is 6.42 Å². The second-order valence-corrected chi connectivity index (χ2v) is 7.62. The van der Waals surface area contributed by atoms with Crippen molar-refractivity contribution in [2.24, 2.45) is 5.16 Å². The highest BCUT2D eigenvalue weighted by molar-refractivity contribution is 5.98. The van der Waals surface area contributed by atoms with E-state index in [0.29, 0.717) is 19.8 Å². The first kappa shape index (κ1) is 24.3. The molecule has 0 fully saturated rings. The summed E-state index contributed by atoms with van der Waals surface area (Å²) < 4.78 is 17.8. The summed E-state index contributed by atoms with van der Waals surface area (Å²) >= 11 is 0. The smallest absolute Gasteiger partial charge is 0.125 e. The highest BCUT2D eigenvalue weighted by Gasteiger charge is 2.10. The van der Waals surface area contributed by atoms with E-state index in [0.717, 1.165) is 57.2 Å². The Kier molecular flexibility index (Phi) is 9.44. The van der Waals surface area contributed by atoms with Gasteiger partial charge in [0.05, 0.1) is 18.9 Å². The number of aryl methyl sites for hydroxylation is 4. The maximum atomic E-state index is 6.06. The third-order valence-corrected chi connectivity index (χ3v) is 4.90. The SMILES string of the molecule is C/C=C/COc1cc(C)c(OCCCOc2c(C)cc(/C(C)=N/OC)cc2C)c(C)c1. The molecule has 0 heterocycles. The van der Waals surface area contributed by atoms with Crippen molar-refractivity contribution < 1.29 is 19.0 Å². The Labute approximate surface area is 186 Å². The van der Waals surface area contributed by atoms with E-state index in [-0.39, 0.29) is 0 Å². The first-order valence-electron chi connectivity index (χ1n) is 10.7. The zero-order valence-electron chi connectivity index (χ0n) is 19.9. The molecule has 168 valence electrons. The number of rotatable bonds is 11. The Morgan fingerprint density at radius 3 is 1.84 bits per heavy atom. The molecule has 0 aromatic heterocycles. The minimum Gasteiger partial charge on any atom is -0.493 e. The summed E-state index contributed by atoms with van der Waals surface area (Å²) in [6, 6.07) is 8.18. The zero-order chi connectivity index (χ0) is 22.8. The number of benzene rings is 2. The molecule has 0 amide bonds. The third-order valence-electron chi connectivity index (χ3n) is 4.90. The molecule has 0 saturated carbocycles. The Morgan fingerprint density at radius 2 is 1.35 bits per heavy atom. The topological polar surface area (TPSA) is 49.3 Å². The predicted molar refractivity (Wildman–Crippen MR) is 127 cm³/mol. The van der Waals surface area contributed by atoms with Gasteiger partial charge in [-0.2, -0.15) is 0 Å². The van der Waals surface area contributed by atoms with E-state index in [4.69, 9.17) is 19.0 Å². The van der Waals surface area contributed by atoms with E-state index in [1.165, 1.54) is 0 Å². The average molecular weight is 426 g/mol. The van der Waals surface area contributed by atoms with E-state index in [1.54, 1.807) is 7.11 Å². The van der Waals surface area contributed by atoms with E-state index in [9.17, 15) is 0 Å². The summed E-state index contributed by atoms with van der Waals surface area (Å²) in [7, 11) is 1.55. The lowest BCUT2D eigenvalue weighted by molar-refractivity contribution is 0.213. The highest BCUT2D eigenvalue weighted by Crippen LogP contribution is 2.29. The molecule has 2 rings (SSSR count). The number of hydrogen-bond acceptors (Lipinski definition) is 5. The quantitative estimate of drug-likeness (QED) is 0.189. The average Bonchev–Trinajstić information content (AvgIpc) is 2.71. The van der Waals surface area contributed by atoms with E-state index in [2.05, 4.69) is 31.1 Å². The summed E-state index contributed by atoms with van der Waals surface area (Å²) in [5.74, 6) is 2.70. The molecule has 5 nitrogen and oxygen atoms in total. The molecule has 5 heteroatoms. The van der Waals surface area contributed by atoms with Gasteiger partial charge < -0.3 is 19.0 Å². The molecule has 0 aliphatic heterocycles. The molecule has 31 heavy (non-hydrogen) atoms. The first-order chi connectivity index (χ1) is 14.9. The molecule has 0 atom stereocenters. The van der Waals surface area contributed by atoms with Crippen LogP contribution in [0, 0.1) is 27.7 Å². The lowest BCUT2D eigenvalue weighted by atomic mass is 10.0. The molecule has 0 bridgehead atoms. The molecule has 2 aromatic carbocycles. The van der Waals surface area contributed by atoms with Crippen LogP contribution in [0.5, 0.6) is 17.2 Å². The molecular weight excluding hydrogens is 390 g/mol. The lowest BCUT2D eigenvalue weighted by Gasteiger charge is -2.16. The molecule has 0 unspecified atom stereocenters. The van der Waals surface area contributed by atoms with Crippen LogP contribution in [0.3, 0.4) is 0 Å². The second-order valence-electron chi connectivity index (χ2n) is 7.62. The van der Waals surface area contributed by atoms with Gasteiger partial charge in [0.2, 0.25) is 0 Å². The molecule has 0 radical (unpaired) electrons. The van der Waals surface area contributed by atoms with Crippen molar-refractivity contribution in [2.45, 2.75) is 48.0 Å². The summed E-state index contributed by atoms with van der Waals surface area (Å²) in [5, 5.41) is 4.01. The maximum Gasteiger partial charge on any atom is 0.125 e. The zero-order valence-corrected chi connectivity index (χ0v) is 19.9. The van der Waals surface area contributed by atoms with E-state index < -0.39 is 0 Å². The van der Waals surface area contributed by atoms with Gasteiger partial charge in [-0.3, -0.25) is 0 Å². The molecule has 0 N–H and O–H groups in total. The summed E-state index contributed by atoms with van der Waals surface area (Å²) in [6.07, 6.45) is 4.76. The molecule has 0 aliphatic rings. The van der Waals surface area contributed by atoms with Crippen molar-refractivity contribution in [1.29, 1.82) is 0 Å². The fourth-order valence-electron chi connectivity index (χ4n) is 3.45. The van der Waals surface area contributed by atoms with Crippen LogP contribution in [-0.2, 0) is 4.84 Å². The van der Waals surface area contributed by atoms with Gasteiger partial charge in [-0.15, -0.1) is 0 Å². The second kappa shape index (κ2) is 12.0. The fourth-order valence-corrected chi connectivity index (χ4v) is 3.45. The predicted octanol–water partition coefficient (Wildman–Crippen LogP) is 6.09. The van der Waals surface area contributed by atoms with Crippen LogP contribution in [0.15, 0.2) is 41.6 Å². The van der Waals surface area contributed by atoms with Gasteiger partial charge >= 0.3 is 0 Å². The van der Waals surface area contributed by atoms with E-state index in [1.807, 2.05) is 52.0 Å². The fraction of sp³-hybridized carbons (Fsp3) is 0.423. The first-order valence-corrected chi connectivity index (χ1v) is 10.7. The van der Waals surface area contributed by atoms with Crippen molar-refractivity contribution in [3.05, 3.63) is 64.2 Å². The van der Waals surface area contributed by atoms with Crippen molar-refractivity contribution in [3.63, 3.8) is 0 Å². The van der Waals surface area contributed by atoms with Gasteiger partial charge in [0.15, 0.2) is 0 Å². The van der Waals surface area contributed by atoms with Crippen LogP contribution >= 0.6 is 0 Å². The van der Waals surface area contributed by atoms with Gasteiger partial charge in [0.25, 0.3) is 0 Å². The largest absolute Gasteiger partial charge is 0.493 e. The van der Waals surface area contributed by atoms with Crippen LogP contribution < -0.4 is 14.2 Å². The molecule has 0 spiro atoms. The number of nitrogens with zero attached hydrogens (tertiary/aromatic N) is 1. The Balaban J connectivity index is 1.89. The van der Waals surface area contributed by atoms with Gasteiger partial charge in [-0.1, -0.05) is 17.3 Å². The third kappa shape index (κ3) is 7.06.